The molecule has 23 heavy (non-hydrogen) atoms. The number of thioether (sulfide) groups is 4. The maximum absolute atomic E-state index is 12.6. The van der Waals surface area contributed by atoms with Crippen molar-refractivity contribution < 1.29 is 27.4 Å². The molecule has 140 valence electrons. The van der Waals surface area contributed by atoms with Gasteiger partial charge in [-0.2, -0.15) is 13.2 Å². The van der Waals surface area contributed by atoms with Gasteiger partial charge in [-0.1, -0.05) is 20.8 Å². The Bertz CT molecular complexity index is 334. The third kappa shape index (κ3) is 9.37. The van der Waals surface area contributed by atoms with E-state index in [1.165, 1.54) is 18.9 Å². The minimum atomic E-state index is -4.45. The van der Waals surface area contributed by atoms with E-state index in [0.717, 1.165) is 17.5 Å². The van der Waals surface area contributed by atoms with E-state index in [-0.39, 0.29) is 11.9 Å². The van der Waals surface area contributed by atoms with Crippen molar-refractivity contribution in [1.29, 1.82) is 0 Å². The van der Waals surface area contributed by atoms with Crippen LogP contribution in [-0.2, 0) is 14.2 Å². The molecule has 3 nitrogen and oxygen atoms in total. The standard InChI is InChI=1S/C13H25F3O3S4/c1-7-18-12(17-5,19-9-11(14,15)16)23-13(20-6,21-8-2)22-10(3)4/h10H,7-9H2,1-6H3. The molecule has 0 spiro atoms. The lowest BCUT2D eigenvalue weighted by atomic mass is 10.6. The van der Waals surface area contributed by atoms with E-state index in [1.807, 2.05) is 27.0 Å². The normalized spacial score (nSPS) is 18.0. The predicted octanol–water partition coefficient (Wildman–Crippen LogP) is 5.46. The molecule has 0 aromatic heterocycles. The molecule has 0 rings (SSSR count). The average molecular weight is 415 g/mol. The van der Waals surface area contributed by atoms with Crippen LogP contribution in [0.1, 0.15) is 27.7 Å². The third-order valence-electron chi connectivity index (χ3n) is 2.18. The Morgan fingerprint density at radius 2 is 1.70 bits per heavy atom. The summed E-state index contributed by atoms with van der Waals surface area (Å²) >= 11 is 5.93. The van der Waals surface area contributed by atoms with Crippen LogP contribution >= 0.6 is 47.0 Å². The summed E-state index contributed by atoms with van der Waals surface area (Å²) in [7, 11) is 1.29. The van der Waals surface area contributed by atoms with Crippen molar-refractivity contribution in [2.75, 3.05) is 32.3 Å². The molecular formula is C13H25F3O3S4. The quantitative estimate of drug-likeness (QED) is 0.391. The lowest BCUT2D eigenvalue weighted by Gasteiger charge is -2.39. The summed E-state index contributed by atoms with van der Waals surface area (Å²) in [6, 6.07) is 0. The second-order valence-electron chi connectivity index (χ2n) is 4.45. The zero-order valence-corrected chi connectivity index (χ0v) is 17.5. The highest BCUT2D eigenvalue weighted by molar-refractivity contribution is 8.47. The van der Waals surface area contributed by atoms with Gasteiger partial charge in [-0.05, 0) is 30.7 Å². The van der Waals surface area contributed by atoms with Gasteiger partial charge in [-0.15, -0.1) is 35.3 Å². The fraction of sp³-hybridized carbons (Fsp3) is 1.00. The molecule has 10 heteroatoms. The van der Waals surface area contributed by atoms with E-state index in [2.05, 4.69) is 0 Å². The fourth-order valence-electron chi connectivity index (χ4n) is 1.46. The van der Waals surface area contributed by atoms with Crippen molar-refractivity contribution in [2.24, 2.45) is 0 Å². The first-order chi connectivity index (χ1) is 10.6. The number of methoxy groups -OCH3 is 1. The zero-order valence-electron chi connectivity index (χ0n) is 14.2. The first-order valence-electron chi connectivity index (χ1n) is 7.04. The van der Waals surface area contributed by atoms with E-state index < -0.39 is 20.8 Å². The van der Waals surface area contributed by atoms with Gasteiger partial charge in [-0.3, -0.25) is 0 Å². The zero-order chi connectivity index (χ0) is 18.1. The van der Waals surface area contributed by atoms with Gasteiger partial charge in [-0.25, -0.2) is 0 Å². The minimum absolute atomic E-state index is 0.173. The Hall–Kier alpha value is 1.07. The molecule has 0 aromatic carbocycles. The Morgan fingerprint density at radius 3 is 2.04 bits per heavy atom. The molecule has 0 aromatic rings. The molecule has 0 radical (unpaired) electrons. The molecule has 0 fully saturated rings. The predicted molar refractivity (Wildman–Crippen MR) is 98.1 cm³/mol. The number of hydrogen-bond acceptors (Lipinski definition) is 7. The van der Waals surface area contributed by atoms with Crippen LogP contribution in [0.4, 0.5) is 13.2 Å². The number of halogens is 3. The third-order valence-corrected chi connectivity index (χ3v) is 9.17. The fourth-order valence-corrected chi connectivity index (χ4v) is 8.68. The lowest BCUT2D eigenvalue weighted by molar-refractivity contribution is -0.333. The Kier molecular flexibility index (Phi) is 11.4. The molecular weight excluding hydrogens is 389 g/mol. The number of alkyl halides is 3. The molecule has 0 N–H and O–H groups in total. The minimum Gasteiger partial charge on any atom is -0.322 e. The molecule has 0 saturated carbocycles. The summed E-state index contributed by atoms with van der Waals surface area (Å²) in [5.74, 6) is 0.804. The highest BCUT2D eigenvalue weighted by atomic mass is 32.3. The first kappa shape index (κ1) is 24.1. The largest absolute Gasteiger partial charge is 0.412 e. The Balaban J connectivity index is 5.40. The molecule has 0 aliphatic carbocycles. The Morgan fingerprint density at radius 1 is 1.09 bits per heavy atom. The van der Waals surface area contributed by atoms with Crippen LogP contribution in [0.25, 0.3) is 0 Å². The van der Waals surface area contributed by atoms with Crippen LogP contribution < -0.4 is 0 Å². The van der Waals surface area contributed by atoms with Gasteiger partial charge in [0.1, 0.15) is 6.61 Å². The highest BCUT2D eigenvalue weighted by Gasteiger charge is 2.47. The molecule has 0 saturated heterocycles. The molecule has 0 heterocycles. The number of rotatable bonds is 12. The van der Waals surface area contributed by atoms with Crippen molar-refractivity contribution in [1.82, 2.24) is 0 Å². The van der Waals surface area contributed by atoms with Crippen molar-refractivity contribution in [2.45, 2.75) is 47.2 Å². The van der Waals surface area contributed by atoms with Crippen molar-refractivity contribution in [3.63, 3.8) is 0 Å². The van der Waals surface area contributed by atoms with Crippen LogP contribution in [0.3, 0.4) is 0 Å². The SMILES string of the molecule is CCOC(OC)(OCC(F)(F)F)SC(SC)(SCC)SC(C)C. The first-order valence-corrected chi connectivity index (χ1v) is 10.9. The summed E-state index contributed by atoms with van der Waals surface area (Å²) in [6.45, 7) is 6.52. The summed E-state index contributed by atoms with van der Waals surface area (Å²) in [4.78, 5) is 0. The van der Waals surface area contributed by atoms with E-state index in [9.17, 15) is 13.2 Å². The van der Waals surface area contributed by atoms with Gasteiger partial charge in [0.25, 0.3) is 0 Å². The lowest BCUT2D eigenvalue weighted by Crippen LogP contribution is -2.41. The van der Waals surface area contributed by atoms with E-state index in [0.29, 0.717) is 0 Å². The monoisotopic (exact) mass is 414 g/mol. The van der Waals surface area contributed by atoms with Gasteiger partial charge < -0.3 is 14.2 Å². The second kappa shape index (κ2) is 10.9. The summed E-state index contributed by atoms with van der Waals surface area (Å²) in [6.07, 6.45) is -2.53. The maximum atomic E-state index is 12.6. The number of hydrogen-bond donors (Lipinski definition) is 0. The van der Waals surface area contributed by atoms with Crippen LogP contribution in [0, 0.1) is 0 Å². The summed E-state index contributed by atoms with van der Waals surface area (Å²) in [5, 5.41) is -1.51. The van der Waals surface area contributed by atoms with E-state index in [1.54, 1.807) is 30.4 Å². The number of ether oxygens (including phenoxy) is 3. The van der Waals surface area contributed by atoms with E-state index >= 15 is 0 Å². The van der Waals surface area contributed by atoms with Gasteiger partial charge in [0, 0.05) is 12.4 Å². The van der Waals surface area contributed by atoms with Crippen LogP contribution in [0.15, 0.2) is 0 Å². The van der Waals surface area contributed by atoms with Crippen LogP contribution in [0.5, 0.6) is 0 Å². The van der Waals surface area contributed by atoms with Gasteiger partial charge >= 0.3 is 11.5 Å². The van der Waals surface area contributed by atoms with Crippen LogP contribution in [0.2, 0.25) is 0 Å². The second-order valence-corrected chi connectivity index (χ2v) is 11.6. The topological polar surface area (TPSA) is 27.7 Å². The molecule has 0 bridgehead atoms. The smallest absolute Gasteiger partial charge is 0.322 e. The van der Waals surface area contributed by atoms with Crippen LogP contribution in [-0.4, -0.2) is 51.8 Å². The maximum Gasteiger partial charge on any atom is 0.412 e. The van der Waals surface area contributed by atoms with E-state index in [4.69, 9.17) is 14.2 Å². The average Bonchev–Trinajstić information content (AvgIpc) is 2.44. The molecule has 2 atom stereocenters. The highest BCUT2D eigenvalue weighted by Crippen LogP contribution is 2.60. The van der Waals surface area contributed by atoms with Gasteiger partial charge in [0.15, 0.2) is 2.74 Å². The van der Waals surface area contributed by atoms with Crippen molar-refractivity contribution >= 4 is 47.0 Å². The van der Waals surface area contributed by atoms with Crippen molar-refractivity contribution in [3.8, 4) is 0 Å². The molecule has 0 aliphatic rings. The summed E-state index contributed by atoms with van der Waals surface area (Å²) in [5.41, 5.74) is 0. The van der Waals surface area contributed by atoms with Crippen molar-refractivity contribution in [3.05, 3.63) is 0 Å². The van der Waals surface area contributed by atoms with Gasteiger partial charge in [0.2, 0.25) is 0 Å². The Labute approximate surface area is 153 Å². The molecule has 2 unspecified atom stereocenters. The molecule has 0 amide bonds. The van der Waals surface area contributed by atoms with Gasteiger partial charge in [0.05, 0.1) is 6.61 Å². The summed E-state index contributed by atoms with van der Waals surface area (Å²) < 4.78 is 52.9. The molecule has 0 aliphatic heterocycles.